The van der Waals surface area contributed by atoms with Crippen molar-refractivity contribution in [2.24, 2.45) is 0 Å². The number of hydrogen-bond donors (Lipinski definition) is 3. The number of H-pyrrole nitrogens is 2. The van der Waals surface area contributed by atoms with Crippen LogP contribution in [0.3, 0.4) is 0 Å². The number of carbonyl (C=O) groups is 1. The maximum atomic E-state index is 12.3. The lowest BCUT2D eigenvalue weighted by Gasteiger charge is -2.18. The van der Waals surface area contributed by atoms with Crippen LogP contribution in [0.5, 0.6) is 0 Å². The second-order valence-electron chi connectivity index (χ2n) is 6.91. The molecule has 5 nitrogen and oxygen atoms in total. The standard InChI is InChI=1S/C18H21N3O2S/c1-18(2,3)12-4-5-14-11(8-12)9-15(21-14)16(22)19-7-6-13-10-24-17(23)20-13/h4-5,8-10,21H,6-7H2,1-3H3,(H,19,22)(H,20,23). The fourth-order valence-electron chi connectivity index (χ4n) is 2.56. The minimum atomic E-state index is -0.138. The molecule has 0 aliphatic carbocycles. The first kappa shape index (κ1) is 16.5. The third-order valence-electron chi connectivity index (χ3n) is 3.98. The van der Waals surface area contributed by atoms with Gasteiger partial charge >= 0.3 is 4.87 Å². The molecule has 24 heavy (non-hydrogen) atoms. The maximum Gasteiger partial charge on any atom is 0.304 e. The highest BCUT2D eigenvalue weighted by molar-refractivity contribution is 7.07. The number of hydrogen-bond acceptors (Lipinski definition) is 3. The first-order valence-electron chi connectivity index (χ1n) is 7.91. The summed E-state index contributed by atoms with van der Waals surface area (Å²) in [4.78, 5) is 29.2. The van der Waals surface area contributed by atoms with Gasteiger partial charge < -0.3 is 15.3 Å². The molecule has 0 fully saturated rings. The number of aromatic amines is 2. The lowest BCUT2D eigenvalue weighted by molar-refractivity contribution is 0.0950. The molecule has 0 saturated carbocycles. The van der Waals surface area contributed by atoms with Gasteiger partial charge in [0.1, 0.15) is 5.69 Å². The zero-order chi connectivity index (χ0) is 17.3. The average molecular weight is 343 g/mol. The minimum Gasteiger partial charge on any atom is -0.351 e. The molecular weight excluding hydrogens is 322 g/mol. The monoisotopic (exact) mass is 343 g/mol. The fourth-order valence-corrected chi connectivity index (χ4v) is 3.18. The van der Waals surface area contributed by atoms with E-state index in [0.717, 1.165) is 27.9 Å². The second-order valence-corrected chi connectivity index (χ2v) is 7.76. The average Bonchev–Trinajstić information content (AvgIpc) is 3.11. The number of benzene rings is 1. The smallest absolute Gasteiger partial charge is 0.304 e. The van der Waals surface area contributed by atoms with Crippen LogP contribution >= 0.6 is 11.3 Å². The molecule has 126 valence electrons. The number of rotatable bonds is 4. The molecule has 0 atom stereocenters. The summed E-state index contributed by atoms with van der Waals surface area (Å²) in [5.41, 5.74) is 3.66. The summed E-state index contributed by atoms with van der Waals surface area (Å²) < 4.78 is 0. The van der Waals surface area contributed by atoms with Crippen LogP contribution in [0.15, 0.2) is 34.4 Å². The van der Waals surface area contributed by atoms with Gasteiger partial charge in [-0.1, -0.05) is 38.2 Å². The first-order valence-corrected chi connectivity index (χ1v) is 8.79. The Morgan fingerprint density at radius 3 is 2.67 bits per heavy atom. The number of thiazole rings is 1. The van der Waals surface area contributed by atoms with Crippen molar-refractivity contribution in [1.82, 2.24) is 15.3 Å². The van der Waals surface area contributed by atoms with Crippen molar-refractivity contribution in [2.75, 3.05) is 6.54 Å². The lowest BCUT2D eigenvalue weighted by Crippen LogP contribution is -2.26. The normalized spacial score (nSPS) is 11.8. The van der Waals surface area contributed by atoms with Crippen molar-refractivity contribution in [3.8, 4) is 0 Å². The molecular formula is C18H21N3O2S. The number of carbonyl (C=O) groups excluding carboxylic acids is 1. The molecule has 2 heterocycles. The Bertz CT molecular complexity index is 928. The molecule has 0 aliphatic rings. The van der Waals surface area contributed by atoms with Crippen molar-refractivity contribution in [1.29, 1.82) is 0 Å². The van der Waals surface area contributed by atoms with Crippen LogP contribution < -0.4 is 10.2 Å². The fraction of sp³-hybridized carbons (Fsp3) is 0.333. The van der Waals surface area contributed by atoms with Gasteiger partial charge in [-0.15, -0.1) is 0 Å². The highest BCUT2D eigenvalue weighted by Gasteiger charge is 2.15. The summed E-state index contributed by atoms with van der Waals surface area (Å²) in [7, 11) is 0. The van der Waals surface area contributed by atoms with E-state index in [1.807, 2.05) is 12.1 Å². The molecule has 1 amide bonds. The molecule has 0 saturated heterocycles. The van der Waals surface area contributed by atoms with Gasteiger partial charge in [0, 0.05) is 34.9 Å². The lowest BCUT2D eigenvalue weighted by atomic mass is 9.86. The maximum absolute atomic E-state index is 12.3. The Morgan fingerprint density at radius 2 is 2.00 bits per heavy atom. The van der Waals surface area contributed by atoms with Gasteiger partial charge in [0.25, 0.3) is 5.91 Å². The van der Waals surface area contributed by atoms with Gasteiger partial charge in [0.2, 0.25) is 0 Å². The van der Waals surface area contributed by atoms with E-state index in [0.29, 0.717) is 18.7 Å². The van der Waals surface area contributed by atoms with Gasteiger partial charge in [-0.3, -0.25) is 9.59 Å². The molecule has 0 unspecified atom stereocenters. The Hall–Kier alpha value is -2.34. The topological polar surface area (TPSA) is 77.8 Å². The Kier molecular flexibility index (Phi) is 4.32. The van der Waals surface area contributed by atoms with Crippen molar-refractivity contribution < 1.29 is 4.79 Å². The molecule has 0 radical (unpaired) electrons. The molecule has 6 heteroatoms. The zero-order valence-electron chi connectivity index (χ0n) is 14.0. The Morgan fingerprint density at radius 1 is 1.21 bits per heavy atom. The van der Waals surface area contributed by atoms with Gasteiger partial charge in [-0.2, -0.15) is 0 Å². The summed E-state index contributed by atoms with van der Waals surface area (Å²) in [5.74, 6) is -0.138. The van der Waals surface area contributed by atoms with E-state index in [2.05, 4.69) is 48.2 Å². The molecule has 1 aromatic carbocycles. The largest absolute Gasteiger partial charge is 0.351 e. The molecule has 3 rings (SSSR count). The van der Waals surface area contributed by atoms with Crippen LogP contribution in [-0.2, 0) is 11.8 Å². The van der Waals surface area contributed by atoms with E-state index in [-0.39, 0.29) is 16.2 Å². The molecule has 2 aromatic heterocycles. The predicted octanol–water partition coefficient (Wildman–Crippen LogP) is 3.19. The molecule has 0 spiro atoms. The van der Waals surface area contributed by atoms with Gasteiger partial charge in [-0.05, 0) is 29.2 Å². The summed E-state index contributed by atoms with van der Waals surface area (Å²) in [6.07, 6.45) is 0.610. The van der Waals surface area contributed by atoms with Gasteiger partial charge in [-0.25, -0.2) is 0 Å². The number of nitrogens with one attached hydrogen (secondary N) is 3. The van der Waals surface area contributed by atoms with Crippen LogP contribution in [0.1, 0.15) is 42.5 Å². The van der Waals surface area contributed by atoms with Crippen LogP contribution in [0.4, 0.5) is 0 Å². The number of amides is 1. The predicted molar refractivity (Wildman–Crippen MR) is 98.0 cm³/mol. The third kappa shape index (κ3) is 3.59. The van der Waals surface area contributed by atoms with Crippen LogP contribution in [0.2, 0.25) is 0 Å². The van der Waals surface area contributed by atoms with Gasteiger partial charge in [0.15, 0.2) is 0 Å². The van der Waals surface area contributed by atoms with Crippen LogP contribution in [-0.4, -0.2) is 22.4 Å². The number of fused-ring (bicyclic) bond motifs is 1. The van der Waals surface area contributed by atoms with Crippen molar-refractivity contribution in [2.45, 2.75) is 32.6 Å². The van der Waals surface area contributed by atoms with Crippen molar-refractivity contribution in [3.05, 3.63) is 56.3 Å². The summed E-state index contributed by atoms with van der Waals surface area (Å²) in [6, 6.07) is 8.11. The molecule has 0 bridgehead atoms. The van der Waals surface area contributed by atoms with E-state index in [4.69, 9.17) is 0 Å². The Balaban J connectivity index is 1.69. The van der Waals surface area contributed by atoms with E-state index < -0.39 is 0 Å². The van der Waals surface area contributed by atoms with Crippen LogP contribution in [0, 0.1) is 0 Å². The molecule has 3 N–H and O–H groups in total. The number of aromatic nitrogens is 2. The van der Waals surface area contributed by atoms with E-state index in [9.17, 15) is 9.59 Å². The highest BCUT2D eigenvalue weighted by atomic mass is 32.1. The second kappa shape index (κ2) is 6.28. The van der Waals surface area contributed by atoms with Crippen LogP contribution in [0.25, 0.3) is 10.9 Å². The van der Waals surface area contributed by atoms with Crippen molar-refractivity contribution in [3.63, 3.8) is 0 Å². The summed E-state index contributed by atoms with van der Waals surface area (Å²) in [6.45, 7) is 6.99. The third-order valence-corrected chi connectivity index (χ3v) is 4.70. The van der Waals surface area contributed by atoms with E-state index >= 15 is 0 Å². The summed E-state index contributed by atoms with van der Waals surface area (Å²) in [5, 5.41) is 5.69. The highest BCUT2D eigenvalue weighted by Crippen LogP contribution is 2.26. The molecule has 0 aliphatic heterocycles. The summed E-state index contributed by atoms with van der Waals surface area (Å²) >= 11 is 1.14. The first-order chi connectivity index (χ1) is 11.3. The SMILES string of the molecule is CC(C)(C)c1ccc2[nH]c(C(=O)NCCc3csc(=O)[nH]3)cc2c1. The Labute approximate surface area is 144 Å². The zero-order valence-corrected chi connectivity index (χ0v) is 14.8. The van der Waals surface area contributed by atoms with Gasteiger partial charge in [0.05, 0.1) is 0 Å². The van der Waals surface area contributed by atoms with E-state index in [1.165, 1.54) is 5.56 Å². The quantitative estimate of drug-likeness (QED) is 0.680. The van der Waals surface area contributed by atoms with E-state index in [1.54, 1.807) is 5.38 Å². The minimum absolute atomic E-state index is 0.0680. The molecule has 3 aromatic rings. The van der Waals surface area contributed by atoms with Crippen molar-refractivity contribution >= 4 is 28.1 Å².